The zero-order valence-electron chi connectivity index (χ0n) is 21.2. The van der Waals surface area contributed by atoms with Crippen LogP contribution in [0.5, 0.6) is 0 Å². The fourth-order valence-electron chi connectivity index (χ4n) is 5.62. The van der Waals surface area contributed by atoms with E-state index in [2.05, 4.69) is 17.1 Å². The molecule has 0 aliphatic carbocycles. The maximum absolute atomic E-state index is 14.4. The molecule has 2 aromatic rings. The van der Waals surface area contributed by atoms with Crippen LogP contribution in [0.4, 0.5) is 21.9 Å². The molecule has 4 rings (SSSR count). The van der Waals surface area contributed by atoms with Crippen LogP contribution in [0.25, 0.3) is 0 Å². The highest BCUT2D eigenvalue weighted by atomic mass is 16.6. The van der Waals surface area contributed by atoms with E-state index in [0.29, 0.717) is 24.2 Å². The van der Waals surface area contributed by atoms with Gasteiger partial charge in [-0.3, -0.25) is 25.0 Å². The number of fused-ring (bicyclic) bond motifs is 1. The van der Waals surface area contributed by atoms with E-state index in [1.165, 1.54) is 12.1 Å². The lowest BCUT2D eigenvalue weighted by molar-refractivity contribution is -0.384. The number of nitrogens with zero attached hydrogens (tertiary/aromatic N) is 3. The lowest BCUT2D eigenvalue weighted by atomic mass is 9.67. The molecule has 0 bridgehead atoms. The number of barbiturate groups is 1. The van der Waals surface area contributed by atoms with E-state index in [-0.39, 0.29) is 12.1 Å². The van der Waals surface area contributed by atoms with Crippen molar-refractivity contribution in [2.45, 2.75) is 65.8 Å². The van der Waals surface area contributed by atoms with Gasteiger partial charge in [0.1, 0.15) is 0 Å². The third kappa shape index (κ3) is 4.02. The number of nitro benzene ring substituents is 1. The average molecular weight is 493 g/mol. The second-order valence-corrected chi connectivity index (χ2v) is 9.76. The number of urea groups is 1. The molecule has 1 saturated heterocycles. The Hall–Kier alpha value is -3.75. The van der Waals surface area contributed by atoms with Gasteiger partial charge in [-0.25, -0.2) is 9.69 Å². The van der Waals surface area contributed by atoms with Gasteiger partial charge in [0.15, 0.2) is 5.41 Å². The minimum absolute atomic E-state index is 0.0172. The molecule has 0 aromatic heterocycles. The molecule has 9 heteroatoms. The molecule has 2 aliphatic rings. The number of hydrogen-bond donors (Lipinski definition) is 1. The Morgan fingerprint density at radius 2 is 1.78 bits per heavy atom. The summed E-state index contributed by atoms with van der Waals surface area (Å²) in [6, 6.07) is 8.79. The van der Waals surface area contributed by atoms with Crippen LogP contribution in [-0.2, 0) is 16.0 Å². The Labute approximate surface area is 210 Å². The van der Waals surface area contributed by atoms with Gasteiger partial charge in [-0.1, -0.05) is 44.4 Å². The first-order valence-electron chi connectivity index (χ1n) is 12.5. The maximum Gasteiger partial charge on any atom is 0.335 e. The van der Waals surface area contributed by atoms with E-state index >= 15 is 0 Å². The van der Waals surface area contributed by atoms with Crippen molar-refractivity contribution >= 4 is 34.9 Å². The largest absolute Gasteiger partial charge is 0.367 e. The summed E-state index contributed by atoms with van der Waals surface area (Å²) in [7, 11) is 0. The number of hydrogen-bond acceptors (Lipinski definition) is 6. The fraction of sp³-hybridized carbons (Fsp3) is 0.444. The van der Waals surface area contributed by atoms with Crippen LogP contribution in [0.2, 0.25) is 0 Å². The summed E-state index contributed by atoms with van der Waals surface area (Å²) in [5, 5.41) is 14.0. The van der Waals surface area contributed by atoms with Crippen LogP contribution in [0.1, 0.15) is 56.2 Å². The van der Waals surface area contributed by atoms with Gasteiger partial charge >= 0.3 is 6.03 Å². The molecular weight excluding hydrogens is 460 g/mol. The Kier molecular flexibility index (Phi) is 6.84. The fourth-order valence-corrected chi connectivity index (χ4v) is 5.62. The van der Waals surface area contributed by atoms with E-state index < -0.39 is 34.2 Å². The third-order valence-corrected chi connectivity index (χ3v) is 7.32. The van der Waals surface area contributed by atoms with Gasteiger partial charge < -0.3 is 4.90 Å². The molecule has 2 aromatic carbocycles. The molecule has 0 radical (unpaired) electrons. The molecule has 4 amide bonds. The first kappa shape index (κ1) is 25.3. The Bertz CT molecular complexity index is 1240. The van der Waals surface area contributed by atoms with Crippen molar-refractivity contribution in [3.8, 4) is 0 Å². The van der Waals surface area contributed by atoms with Crippen molar-refractivity contribution < 1.29 is 19.3 Å². The van der Waals surface area contributed by atoms with E-state index in [4.69, 9.17) is 0 Å². The molecule has 0 saturated carbocycles. The molecule has 1 spiro atoms. The van der Waals surface area contributed by atoms with Crippen molar-refractivity contribution in [2.24, 2.45) is 5.41 Å². The van der Waals surface area contributed by atoms with E-state index in [1.807, 2.05) is 32.9 Å². The molecule has 1 N–H and O–H groups in total. The smallest absolute Gasteiger partial charge is 0.335 e. The van der Waals surface area contributed by atoms with Gasteiger partial charge in [-0.2, -0.15) is 0 Å². The highest BCUT2D eigenvalue weighted by molar-refractivity contribution is 6.31. The molecule has 190 valence electrons. The predicted molar refractivity (Wildman–Crippen MR) is 137 cm³/mol. The SMILES string of the molecule is CCCCN1c2ccc([N+](=O)[O-])cc2C[C@@]2(C(=O)NC(=O)N(c3ccc(C)cc3C)C2=O)[C@H]1CCC. The zero-order chi connectivity index (χ0) is 26.2. The normalized spacial score (nSPS) is 21.6. The second kappa shape index (κ2) is 9.72. The number of amides is 4. The van der Waals surface area contributed by atoms with Crippen molar-refractivity contribution in [3.05, 3.63) is 63.2 Å². The second-order valence-electron chi connectivity index (χ2n) is 9.76. The Morgan fingerprint density at radius 1 is 1.06 bits per heavy atom. The molecule has 0 unspecified atom stereocenters. The average Bonchev–Trinajstić information content (AvgIpc) is 2.83. The van der Waals surface area contributed by atoms with E-state index in [0.717, 1.165) is 41.0 Å². The van der Waals surface area contributed by atoms with Gasteiger partial charge in [0, 0.05) is 30.8 Å². The number of unbranched alkanes of at least 4 members (excludes halogenated alkanes) is 1. The first-order valence-corrected chi connectivity index (χ1v) is 12.5. The van der Waals surface area contributed by atoms with Crippen LogP contribution in [0.15, 0.2) is 36.4 Å². The highest BCUT2D eigenvalue weighted by Gasteiger charge is 2.62. The summed E-state index contributed by atoms with van der Waals surface area (Å²) in [6.45, 7) is 8.39. The number of aryl methyl sites for hydroxylation is 2. The maximum atomic E-state index is 14.4. The summed E-state index contributed by atoms with van der Waals surface area (Å²) < 4.78 is 0. The van der Waals surface area contributed by atoms with Gasteiger partial charge in [0.25, 0.3) is 11.6 Å². The lowest BCUT2D eigenvalue weighted by Crippen LogP contribution is -2.72. The topological polar surface area (TPSA) is 113 Å². The van der Waals surface area contributed by atoms with Crippen molar-refractivity contribution in [3.63, 3.8) is 0 Å². The number of non-ortho nitro benzene ring substituents is 1. The van der Waals surface area contributed by atoms with Crippen molar-refractivity contribution in [2.75, 3.05) is 16.3 Å². The molecule has 2 heterocycles. The molecule has 2 atom stereocenters. The molecule has 1 fully saturated rings. The van der Waals surface area contributed by atoms with E-state index in [9.17, 15) is 24.5 Å². The van der Waals surface area contributed by atoms with Crippen LogP contribution in [-0.4, -0.2) is 35.4 Å². The van der Waals surface area contributed by atoms with Crippen LogP contribution < -0.4 is 15.1 Å². The summed E-state index contributed by atoms with van der Waals surface area (Å²) in [5.41, 5.74) is 1.82. The van der Waals surface area contributed by atoms with E-state index in [1.54, 1.807) is 12.1 Å². The lowest BCUT2D eigenvalue weighted by Gasteiger charge is -2.52. The quantitative estimate of drug-likeness (QED) is 0.337. The number of imide groups is 2. The van der Waals surface area contributed by atoms with Crippen molar-refractivity contribution in [1.82, 2.24) is 5.32 Å². The van der Waals surface area contributed by atoms with Gasteiger partial charge in [0.2, 0.25) is 5.91 Å². The number of anilines is 2. The Balaban J connectivity index is 1.93. The van der Waals surface area contributed by atoms with Crippen LogP contribution in [0.3, 0.4) is 0 Å². The molecule has 2 aliphatic heterocycles. The Morgan fingerprint density at radius 3 is 2.42 bits per heavy atom. The van der Waals surface area contributed by atoms with Gasteiger partial charge in [-0.15, -0.1) is 0 Å². The van der Waals surface area contributed by atoms with Gasteiger partial charge in [0.05, 0.1) is 16.7 Å². The predicted octanol–water partition coefficient (Wildman–Crippen LogP) is 4.81. The van der Waals surface area contributed by atoms with Gasteiger partial charge in [-0.05, 0) is 49.9 Å². The molecule has 9 nitrogen and oxygen atoms in total. The number of nitro groups is 1. The monoisotopic (exact) mass is 492 g/mol. The minimum Gasteiger partial charge on any atom is -0.367 e. The van der Waals surface area contributed by atoms with Crippen molar-refractivity contribution in [1.29, 1.82) is 0 Å². The van der Waals surface area contributed by atoms with Crippen LogP contribution in [0, 0.1) is 29.4 Å². The summed E-state index contributed by atoms with van der Waals surface area (Å²) in [5.74, 6) is -1.23. The number of rotatable bonds is 7. The number of benzene rings is 2. The summed E-state index contributed by atoms with van der Waals surface area (Å²) >= 11 is 0. The number of carbonyl (C=O) groups excluding carboxylic acids is 3. The first-order chi connectivity index (χ1) is 17.1. The molecule has 36 heavy (non-hydrogen) atoms. The van der Waals surface area contributed by atoms with Crippen LogP contribution >= 0.6 is 0 Å². The molecular formula is C27H32N4O5. The summed E-state index contributed by atoms with van der Waals surface area (Å²) in [4.78, 5) is 55.3. The summed E-state index contributed by atoms with van der Waals surface area (Å²) in [6.07, 6.45) is 2.97. The number of carbonyl (C=O) groups is 3. The zero-order valence-corrected chi connectivity index (χ0v) is 21.2. The standard InChI is InChI=1S/C27H32N4O5/c1-5-7-13-29-22-12-10-20(31(35)36)15-19(22)16-27(23(29)8-6-2)24(32)28-26(34)30(25(27)33)21-11-9-17(3)14-18(21)4/h9-12,14-15,23H,5-8,13,16H2,1-4H3,(H,28,32,34)/t23-,27+/m1/s1. The highest BCUT2D eigenvalue weighted by Crippen LogP contribution is 2.47. The third-order valence-electron chi connectivity index (χ3n) is 7.32. The minimum atomic E-state index is -1.60. The number of nitrogens with one attached hydrogen (secondary N) is 1.